The summed E-state index contributed by atoms with van der Waals surface area (Å²) in [6.45, 7) is 0. The molecule has 0 bridgehead atoms. The molecule has 90 valence electrons. The quantitative estimate of drug-likeness (QED) is 0.683. The topological polar surface area (TPSA) is 63.6 Å². The fraction of sp³-hybridized carbons (Fsp3) is 0. The smallest absolute Gasteiger partial charge is 0.304 e. The van der Waals surface area contributed by atoms with Crippen LogP contribution < -0.4 is 5.69 Å². The van der Waals surface area contributed by atoms with Crippen LogP contribution in [0.2, 0.25) is 5.15 Å². The highest BCUT2D eigenvalue weighted by molar-refractivity contribution is 6.29. The standard InChI is InChI=1S/C11H6ClFN4O/c12-9-7(13)4-6(5-15-9)17-10-8(16-11(17)18)2-1-3-14-10/h1-5H,(H,16,18). The molecule has 1 N–H and O–H groups in total. The molecule has 0 aromatic carbocycles. The third-order valence-corrected chi connectivity index (χ3v) is 2.76. The van der Waals surface area contributed by atoms with Crippen LogP contribution in [0.1, 0.15) is 0 Å². The first-order chi connectivity index (χ1) is 8.66. The Morgan fingerprint density at radius 3 is 3.00 bits per heavy atom. The van der Waals surface area contributed by atoms with Gasteiger partial charge in [0.25, 0.3) is 0 Å². The van der Waals surface area contributed by atoms with E-state index in [1.165, 1.54) is 10.8 Å². The lowest BCUT2D eigenvalue weighted by Gasteiger charge is -2.02. The Hall–Kier alpha value is -2.21. The number of H-pyrrole nitrogens is 1. The molecule has 0 saturated heterocycles. The molecule has 7 heteroatoms. The average molecular weight is 265 g/mol. The van der Waals surface area contributed by atoms with Gasteiger partial charge in [-0.1, -0.05) is 11.6 Å². The van der Waals surface area contributed by atoms with Crippen LogP contribution in [0.15, 0.2) is 35.4 Å². The van der Waals surface area contributed by atoms with Crippen molar-refractivity contribution in [2.24, 2.45) is 0 Å². The molecule has 0 aliphatic heterocycles. The number of hydrogen-bond acceptors (Lipinski definition) is 3. The number of hydrogen-bond donors (Lipinski definition) is 1. The van der Waals surface area contributed by atoms with E-state index in [1.54, 1.807) is 18.3 Å². The van der Waals surface area contributed by atoms with Crippen LogP contribution in [-0.4, -0.2) is 19.5 Å². The van der Waals surface area contributed by atoms with Crippen LogP contribution in [0, 0.1) is 5.82 Å². The Labute approximate surface area is 105 Å². The molecule has 0 unspecified atom stereocenters. The normalized spacial score (nSPS) is 11.0. The summed E-state index contributed by atoms with van der Waals surface area (Å²) in [5, 5.41) is -0.236. The first kappa shape index (κ1) is 10.9. The van der Waals surface area contributed by atoms with Crippen molar-refractivity contribution in [3.8, 4) is 5.69 Å². The summed E-state index contributed by atoms with van der Waals surface area (Å²) >= 11 is 5.50. The van der Waals surface area contributed by atoms with E-state index in [4.69, 9.17) is 11.6 Å². The molecule has 0 fully saturated rings. The van der Waals surface area contributed by atoms with Crippen LogP contribution in [-0.2, 0) is 0 Å². The van der Waals surface area contributed by atoms with Gasteiger partial charge in [0, 0.05) is 12.3 Å². The van der Waals surface area contributed by atoms with Crippen molar-refractivity contribution in [2.45, 2.75) is 0 Å². The van der Waals surface area contributed by atoms with Crippen molar-refractivity contribution in [1.29, 1.82) is 0 Å². The number of aromatic amines is 1. The van der Waals surface area contributed by atoms with Gasteiger partial charge in [-0.05, 0) is 12.1 Å². The van der Waals surface area contributed by atoms with Gasteiger partial charge < -0.3 is 4.98 Å². The molecule has 3 rings (SSSR count). The first-order valence-electron chi connectivity index (χ1n) is 5.04. The Morgan fingerprint density at radius 2 is 2.22 bits per heavy atom. The second-order valence-corrected chi connectivity index (χ2v) is 3.96. The molecule has 0 radical (unpaired) electrons. The van der Waals surface area contributed by atoms with Crippen LogP contribution in [0.4, 0.5) is 4.39 Å². The van der Waals surface area contributed by atoms with Crippen molar-refractivity contribution >= 4 is 22.8 Å². The number of rotatable bonds is 1. The van der Waals surface area contributed by atoms with E-state index in [1.807, 2.05) is 0 Å². The van der Waals surface area contributed by atoms with Gasteiger partial charge in [0.1, 0.15) is 0 Å². The summed E-state index contributed by atoms with van der Waals surface area (Å²) < 4.78 is 14.6. The molecular formula is C11H6ClFN4O. The van der Waals surface area contributed by atoms with Gasteiger partial charge in [0.15, 0.2) is 16.6 Å². The minimum atomic E-state index is -0.689. The number of pyridine rings is 2. The van der Waals surface area contributed by atoms with E-state index in [0.717, 1.165) is 6.07 Å². The number of aromatic nitrogens is 4. The molecule has 0 saturated carbocycles. The van der Waals surface area contributed by atoms with Crippen LogP contribution >= 0.6 is 11.6 Å². The van der Waals surface area contributed by atoms with E-state index in [-0.39, 0.29) is 10.8 Å². The minimum Gasteiger partial charge on any atom is -0.304 e. The molecule has 0 atom stereocenters. The number of imidazole rings is 1. The molecular weight excluding hydrogens is 259 g/mol. The van der Waals surface area contributed by atoms with Crippen molar-refractivity contribution in [3.63, 3.8) is 0 Å². The zero-order valence-corrected chi connectivity index (χ0v) is 9.65. The third-order valence-electron chi connectivity index (χ3n) is 2.48. The molecule has 0 aliphatic carbocycles. The number of fused-ring (bicyclic) bond motifs is 1. The van der Waals surface area contributed by atoms with Gasteiger partial charge in [0.2, 0.25) is 0 Å². The van der Waals surface area contributed by atoms with Gasteiger partial charge >= 0.3 is 5.69 Å². The van der Waals surface area contributed by atoms with Crippen molar-refractivity contribution in [1.82, 2.24) is 19.5 Å². The predicted octanol–water partition coefficient (Wildman–Crippen LogP) is 1.90. The minimum absolute atomic E-state index is 0.236. The Morgan fingerprint density at radius 1 is 1.39 bits per heavy atom. The highest BCUT2D eigenvalue weighted by atomic mass is 35.5. The highest BCUT2D eigenvalue weighted by Gasteiger charge is 2.11. The van der Waals surface area contributed by atoms with Crippen LogP contribution in [0.3, 0.4) is 0 Å². The van der Waals surface area contributed by atoms with Crippen molar-refractivity contribution in [2.75, 3.05) is 0 Å². The highest BCUT2D eigenvalue weighted by Crippen LogP contribution is 2.16. The van der Waals surface area contributed by atoms with E-state index >= 15 is 0 Å². The van der Waals surface area contributed by atoms with Gasteiger partial charge in [0.05, 0.1) is 17.4 Å². The summed E-state index contributed by atoms with van der Waals surface area (Å²) in [5.41, 5.74) is 0.836. The van der Waals surface area contributed by atoms with Crippen LogP contribution in [0.5, 0.6) is 0 Å². The fourth-order valence-electron chi connectivity index (χ4n) is 1.71. The second kappa shape index (κ2) is 3.92. The van der Waals surface area contributed by atoms with Gasteiger partial charge in [-0.3, -0.25) is 0 Å². The maximum atomic E-state index is 13.4. The Balaban J connectivity index is 2.34. The number of nitrogens with one attached hydrogen (secondary N) is 1. The summed E-state index contributed by atoms with van der Waals surface area (Å²) in [6.07, 6.45) is 2.86. The first-order valence-corrected chi connectivity index (χ1v) is 5.42. The lowest BCUT2D eigenvalue weighted by Crippen LogP contribution is -2.15. The zero-order chi connectivity index (χ0) is 12.7. The molecule has 0 spiro atoms. The van der Waals surface area contributed by atoms with Gasteiger partial charge in [-0.25, -0.2) is 23.7 Å². The van der Waals surface area contributed by atoms with Crippen LogP contribution in [0.25, 0.3) is 16.9 Å². The lowest BCUT2D eigenvalue weighted by molar-refractivity contribution is 0.620. The summed E-state index contributed by atoms with van der Waals surface area (Å²) in [7, 11) is 0. The summed E-state index contributed by atoms with van der Waals surface area (Å²) in [5.74, 6) is -0.689. The van der Waals surface area contributed by atoms with Crippen molar-refractivity contribution in [3.05, 3.63) is 52.0 Å². The number of halogens is 2. The van der Waals surface area contributed by atoms with E-state index in [9.17, 15) is 9.18 Å². The Kier molecular flexibility index (Phi) is 2.38. The summed E-state index contributed by atoms with van der Waals surface area (Å²) in [4.78, 5) is 22.2. The number of nitrogens with zero attached hydrogens (tertiary/aromatic N) is 3. The molecule has 5 nitrogen and oxygen atoms in total. The monoisotopic (exact) mass is 264 g/mol. The van der Waals surface area contributed by atoms with E-state index in [2.05, 4.69) is 15.0 Å². The average Bonchev–Trinajstić information content (AvgIpc) is 2.69. The largest absolute Gasteiger partial charge is 0.332 e. The van der Waals surface area contributed by atoms with Gasteiger partial charge in [-0.2, -0.15) is 0 Å². The molecule has 3 heterocycles. The maximum Gasteiger partial charge on any atom is 0.332 e. The summed E-state index contributed by atoms with van der Waals surface area (Å²) in [6, 6.07) is 4.54. The van der Waals surface area contributed by atoms with E-state index < -0.39 is 11.5 Å². The lowest BCUT2D eigenvalue weighted by atomic mass is 10.4. The van der Waals surface area contributed by atoms with Crippen molar-refractivity contribution < 1.29 is 4.39 Å². The molecule has 0 aliphatic rings. The molecule has 3 aromatic rings. The zero-order valence-electron chi connectivity index (χ0n) is 8.89. The molecule has 3 aromatic heterocycles. The molecule has 0 amide bonds. The van der Waals surface area contributed by atoms with E-state index in [0.29, 0.717) is 11.2 Å². The molecule has 18 heavy (non-hydrogen) atoms. The Bertz CT molecular complexity index is 795. The SMILES string of the molecule is O=c1[nH]c2cccnc2n1-c1cnc(Cl)c(F)c1. The third kappa shape index (κ3) is 1.58. The van der Waals surface area contributed by atoms with Gasteiger partial charge in [-0.15, -0.1) is 0 Å². The predicted molar refractivity (Wildman–Crippen MR) is 64.5 cm³/mol. The fourth-order valence-corrected chi connectivity index (χ4v) is 1.82. The maximum absolute atomic E-state index is 13.4. The second-order valence-electron chi connectivity index (χ2n) is 3.61.